The van der Waals surface area contributed by atoms with Crippen molar-refractivity contribution >= 4 is 45.2 Å². The Morgan fingerprint density at radius 3 is 2.67 bits per heavy atom. The zero-order valence-electron chi connectivity index (χ0n) is 16.0. The number of nitriles is 1. The van der Waals surface area contributed by atoms with Gasteiger partial charge in [0.05, 0.1) is 0 Å². The number of carbonyl (C=O) groups is 1. The molecule has 0 spiro atoms. The number of benzene rings is 1. The minimum absolute atomic E-state index is 0.0817. The van der Waals surface area contributed by atoms with Crippen molar-refractivity contribution in [3.63, 3.8) is 0 Å². The van der Waals surface area contributed by atoms with E-state index in [0.29, 0.717) is 21.7 Å². The van der Waals surface area contributed by atoms with Crippen LogP contribution in [0.4, 0.5) is 10.3 Å². The van der Waals surface area contributed by atoms with E-state index in [2.05, 4.69) is 20.4 Å². The van der Waals surface area contributed by atoms with Crippen molar-refractivity contribution in [3.8, 4) is 17.4 Å². The van der Waals surface area contributed by atoms with Crippen molar-refractivity contribution in [1.82, 2.24) is 10.2 Å². The molecular formula is C21H18ClN5O2S. The lowest BCUT2D eigenvalue weighted by Crippen LogP contribution is -2.29. The summed E-state index contributed by atoms with van der Waals surface area (Å²) in [7, 11) is 0. The summed E-state index contributed by atoms with van der Waals surface area (Å²) in [6.45, 7) is 1.89. The number of nitrogens with one attached hydrogen (secondary N) is 1. The molecule has 7 nitrogen and oxygen atoms in total. The minimum Gasteiger partial charge on any atom is -0.457 e. The minimum atomic E-state index is -0.553. The molecule has 0 atom stereocenters. The molecular weight excluding hydrogens is 422 g/mol. The molecule has 3 heterocycles. The number of rotatable bonds is 5. The average molecular weight is 440 g/mol. The molecule has 1 fully saturated rings. The summed E-state index contributed by atoms with van der Waals surface area (Å²) in [5.41, 5.74) is 0.767. The number of aromatic nitrogens is 2. The summed E-state index contributed by atoms with van der Waals surface area (Å²) in [5.74, 6) is 0.465. The first kappa shape index (κ1) is 20.1. The zero-order valence-corrected chi connectivity index (χ0v) is 17.5. The maximum atomic E-state index is 12.5. The Hall–Kier alpha value is -3.15. The topological polar surface area (TPSA) is 95.0 Å². The Bertz CT molecular complexity index is 1110. The van der Waals surface area contributed by atoms with E-state index in [9.17, 15) is 10.1 Å². The summed E-state index contributed by atoms with van der Waals surface area (Å²) in [5, 5.41) is 22.0. The van der Waals surface area contributed by atoms with Crippen LogP contribution in [0.3, 0.4) is 0 Å². The second-order valence-corrected chi connectivity index (χ2v) is 8.16. The molecule has 9 heteroatoms. The summed E-state index contributed by atoms with van der Waals surface area (Å²) < 4.78 is 5.74. The molecule has 3 aromatic rings. The number of carbonyl (C=O) groups excluding carboxylic acids is 1. The first-order chi connectivity index (χ1) is 14.6. The smallest absolute Gasteiger partial charge is 0.268 e. The third-order valence-electron chi connectivity index (χ3n) is 4.67. The predicted molar refractivity (Wildman–Crippen MR) is 117 cm³/mol. The highest BCUT2D eigenvalue weighted by Gasteiger charge is 2.18. The SMILES string of the molecule is N#C/C(=C/c1ccc(-c2ccc(Cl)cc2)o1)C(=O)Nc1nnc(N2CCCCC2)s1. The third kappa shape index (κ3) is 4.70. The Morgan fingerprint density at radius 1 is 1.17 bits per heavy atom. The van der Waals surface area contributed by atoms with Crippen LogP contribution in [0.5, 0.6) is 0 Å². The van der Waals surface area contributed by atoms with Gasteiger partial charge in [-0.05, 0) is 55.7 Å². The standard InChI is InChI=1S/C21H18ClN5O2S/c22-16-6-4-14(5-7-16)18-9-8-17(29-18)12-15(13-23)19(28)24-20-25-26-21(30-20)27-10-2-1-3-11-27/h4-9,12H,1-3,10-11H2,(H,24,25,28)/b15-12-. The normalized spacial score (nSPS) is 14.4. The van der Waals surface area contributed by atoms with Gasteiger partial charge in [-0.1, -0.05) is 22.9 Å². The second kappa shape index (κ2) is 9.11. The summed E-state index contributed by atoms with van der Waals surface area (Å²) in [6.07, 6.45) is 4.89. The molecule has 0 unspecified atom stereocenters. The van der Waals surface area contributed by atoms with Crippen LogP contribution in [0.25, 0.3) is 17.4 Å². The highest BCUT2D eigenvalue weighted by atomic mass is 35.5. The van der Waals surface area contributed by atoms with E-state index in [4.69, 9.17) is 16.0 Å². The monoisotopic (exact) mass is 439 g/mol. The van der Waals surface area contributed by atoms with Crippen molar-refractivity contribution in [2.45, 2.75) is 19.3 Å². The van der Waals surface area contributed by atoms with Gasteiger partial charge in [0, 0.05) is 29.8 Å². The number of hydrogen-bond acceptors (Lipinski definition) is 7. The number of piperidine rings is 1. The molecule has 1 N–H and O–H groups in total. The summed E-state index contributed by atoms with van der Waals surface area (Å²) in [4.78, 5) is 14.7. The highest BCUT2D eigenvalue weighted by molar-refractivity contribution is 7.19. The Labute approximate surface area is 182 Å². The van der Waals surface area contributed by atoms with Gasteiger partial charge in [-0.15, -0.1) is 10.2 Å². The lowest BCUT2D eigenvalue weighted by molar-refractivity contribution is -0.112. The van der Waals surface area contributed by atoms with Gasteiger partial charge in [0.15, 0.2) is 0 Å². The number of amides is 1. The van der Waals surface area contributed by atoms with Gasteiger partial charge >= 0.3 is 0 Å². The van der Waals surface area contributed by atoms with Gasteiger partial charge in [-0.2, -0.15) is 5.26 Å². The van der Waals surface area contributed by atoms with Gasteiger partial charge in [0.2, 0.25) is 10.3 Å². The molecule has 1 aliphatic heterocycles. The van der Waals surface area contributed by atoms with E-state index in [-0.39, 0.29) is 5.57 Å². The fourth-order valence-electron chi connectivity index (χ4n) is 3.13. The van der Waals surface area contributed by atoms with E-state index in [1.807, 2.05) is 18.2 Å². The fraction of sp³-hybridized carbons (Fsp3) is 0.238. The van der Waals surface area contributed by atoms with Crippen LogP contribution in [-0.2, 0) is 4.79 Å². The van der Waals surface area contributed by atoms with Crippen LogP contribution in [0.2, 0.25) is 5.02 Å². The summed E-state index contributed by atoms with van der Waals surface area (Å²) >= 11 is 7.21. The molecule has 1 saturated heterocycles. The number of hydrogen-bond donors (Lipinski definition) is 1. The number of nitrogens with zero attached hydrogens (tertiary/aromatic N) is 4. The van der Waals surface area contributed by atoms with Crippen molar-refractivity contribution in [2.24, 2.45) is 0 Å². The van der Waals surface area contributed by atoms with Crippen molar-refractivity contribution in [3.05, 3.63) is 52.8 Å². The van der Waals surface area contributed by atoms with Gasteiger partial charge in [0.25, 0.3) is 5.91 Å². The Balaban J connectivity index is 1.45. The van der Waals surface area contributed by atoms with Crippen molar-refractivity contribution in [1.29, 1.82) is 5.26 Å². The lowest BCUT2D eigenvalue weighted by Gasteiger charge is -2.25. The molecule has 1 amide bonds. The molecule has 152 valence electrons. The van der Waals surface area contributed by atoms with Crippen LogP contribution >= 0.6 is 22.9 Å². The van der Waals surface area contributed by atoms with Crippen LogP contribution in [0, 0.1) is 11.3 Å². The molecule has 0 radical (unpaired) electrons. The molecule has 0 saturated carbocycles. The van der Waals surface area contributed by atoms with E-state index in [1.165, 1.54) is 23.8 Å². The predicted octanol–water partition coefficient (Wildman–Crippen LogP) is 4.99. The maximum Gasteiger partial charge on any atom is 0.268 e. The molecule has 2 aromatic heterocycles. The van der Waals surface area contributed by atoms with Gasteiger partial charge < -0.3 is 9.32 Å². The van der Waals surface area contributed by atoms with Crippen LogP contribution in [0.1, 0.15) is 25.0 Å². The first-order valence-electron chi connectivity index (χ1n) is 9.50. The quantitative estimate of drug-likeness (QED) is 0.444. The van der Waals surface area contributed by atoms with Crippen LogP contribution < -0.4 is 10.2 Å². The zero-order chi connectivity index (χ0) is 20.9. The average Bonchev–Trinajstić information content (AvgIpc) is 3.43. The molecule has 0 bridgehead atoms. The molecule has 30 heavy (non-hydrogen) atoms. The largest absolute Gasteiger partial charge is 0.457 e. The summed E-state index contributed by atoms with van der Waals surface area (Å²) in [6, 6.07) is 12.6. The lowest BCUT2D eigenvalue weighted by atomic mass is 10.1. The molecule has 0 aliphatic carbocycles. The molecule has 1 aliphatic rings. The number of anilines is 2. The van der Waals surface area contributed by atoms with E-state index in [0.717, 1.165) is 36.6 Å². The maximum absolute atomic E-state index is 12.5. The van der Waals surface area contributed by atoms with E-state index in [1.54, 1.807) is 24.3 Å². The first-order valence-corrected chi connectivity index (χ1v) is 10.7. The fourth-order valence-corrected chi connectivity index (χ4v) is 4.05. The van der Waals surface area contributed by atoms with E-state index >= 15 is 0 Å². The van der Waals surface area contributed by atoms with Crippen LogP contribution in [0.15, 0.2) is 46.4 Å². The molecule has 1 aromatic carbocycles. The van der Waals surface area contributed by atoms with Gasteiger partial charge in [-0.3, -0.25) is 10.1 Å². The highest BCUT2D eigenvalue weighted by Crippen LogP contribution is 2.28. The number of furan rings is 1. The van der Waals surface area contributed by atoms with E-state index < -0.39 is 5.91 Å². The number of halogens is 1. The van der Waals surface area contributed by atoms with Gasteiger partial charge in [0.1, 0.15) is 23.2 Å². The van der Waals surface area contributed by atoms with Gasteiger partial charge in [-0.25, -0.2) is 0 Å². The van der Waals surface area contributed by atoms with Crippen molar-refractivity contribution in [2.75, 3.05) is 23.3 Å². The van der Waals surface area contributed by atoms with Crippen LogP contribution in [-0.4, -0.2) is 29.2 Å². The Morgan fingerprint density at radius 2 is 1.93 bits per heavy atom. The Kier molecular flexibility index (Phi) is 6.12. The second-order valence-electron chi connectivity index (χ2n) is 6.77. The third-order valence-corrected chi connectivity index (χ3v) is 5.82. The molecule has 4 rings (SSSR count). The van der Waals surface area contributed by atoms with Crippen molar-refractivity contribution < 1.29 is 9.21 Å².